The van der Waals surface area contributed by atoms with E-state index in [2.05, 4.69) is 164 Å². The maximum absolute atomic E-state index is 2.42. The second kappa shape index (κ2) is 14.2. The van der Waals surface area contributed by atoms with E-state index in [0.717, 1.165) is 11.8 Å². The van der Waals surface area contributed by atoms with Crippen molar-refractivity contribution in [3.63, 3.8) is 0 Å². The summed E-state index contributed by atoms with van der Waals surface area (Å²) in [7, 11) is 0. The quantitative estimate of drug-likeness (QED) is 0.123. The summed E-state index contributed by atoms with van der Waals surface area (Å²) in [6.45, 7) is 18.3. The zero-order valence-electron chi connectivity index (χ0n) is 30.4. The van der Waals surface area contributed by atoms with E-state index < -0.39 is 0 Å². The zero-order valence-corrected chi connectivity index (χ0v) is 35.0. The van der Waals surface area contributed by atoms with Crippen LogP contribution in [0, 0.1) is 0 Å². The molecule has 48 heavy (non-hydrogen) atoms. The van der Waals surface area contributed by atoms with Crippen molar-refractivity contribution < 1.29 is 23.0 Å². The van der Waals surface area contributed by atoms with Gasteiger partial charge in [-0.2, -0.15) is 12.1 Å². The second-order valence-electron chi connectivity index (χ2n) is 16.4. The van der Waals surface area contributed by atoms with Gasteiger partial charge in [-0.3, -0.25) is 0 Å². The number of fused-ring (bicyclic) bond motifs is 2. The molecule has 0 saturated heterocycles. The summed E-state index contributed by atoms with van der Waals surface area (Å²) in [6, 6.07) is 41.2. The van der Waals surface area contributed by atoms with Crippen LogP contribution in [0.1, 0.15) is 101 Å². The molecule has 2 fully saturated rings. The van der Waals surface area contributed by atoms with Gasteiger partial charge in [-0.1, -0.05) is 113 Å². The van der Waals surface area contributed by atoms with E-state index in [1.165, 1.54) is 115 Å². The van der Waals surface area contributed by atoms with Crippen molar-refractivity contribution in [2.24, 2.45) is 0 Å². The van der Waals surface area contributed by atoms with E-state index in [1.807, 2.05) is 0 Å². The Bertz CT molecular complexity index is 1860. The van der Waals surface area contributed by atoms with Crippen LogP contribution in [-0.2, 0) is 33.8 Å². The van der Waals surface area contributed by atoms with E-state index in [1.54, 1.807) is 0 Å². The fourth-order valence-corrected chi connectivity index (χ4v) is 6.62. The van der Waals surface area contributed by atoms with Crippen molar-refractivity contribution in [3.05, 3.63) is 131 Å². The van der Waals surface area contributed by atoms with Gasteiger partial charge >= 0.3 is 41.6 Å². The summed E-state index contributed by atoms with van der Waals surface area (Å²) in [4.78, 5) is 0. The molecular formula is C46H52HfSi. The Hall–Kier alpha value is -2.81. The van der Waals surface area contributed by atoms with Gasteiger partial charge in [0.2, 0.25) is 0 Å². The number of rotatable bonds is 4. The molecule has 0 spiro atoms. The van der Waals surface area contributed by atoms with E-state index >= 15 is 0 Å². The van der Waals surface area contributed by atoms with Gasteiger partial charge in [0.25, 0.3) is 0 Å². The molecule has 6 aromatic rings. The second-order valence-corrected chi connectivity index (χ2v) is 29.2. The van der Waals surface area contributed by atoms with Gasteiger partial charge in [0.1, 0.15) is 0 Å². The van der Waals surface area contributed by atoms with Crippen molar-refractivity contribution >= 4 is 27.0 Å². The summed E-state index contributed by atoms with van der Waals surface area (Å²) in [5.41, 5.74) is 11.9. The Balaban J connectivity index is 0.000000151. The van der Waals surface area contributed by atoms with Crippen molar-refractivity contribution in [3.8, 4) is 22.3 Å². The molecule has 2 saturated carbocycles. The zero-order chi connectivity index (χ0) is 34.2. The average Bonchev–Trinajstić information content (AvgIpc) is 3.98. The van der Waals surface area contributed by atoms with Gasteiger partial charge in [-0.05, 0) is 70.6 Å². The molecule has 6 aromatic carbocycles. The molecule has 0 heterocycles. The summed E-state index contributed by atoms with van der Waals surface area (Å²) in [5.74, 6) is 1.65. The van der Waals surface area contributed by atoms with Crippen LogP contribution in [0.4, 0.5) is 0 Å². The minimum atomic E-state index is 0.212. The van der Waals surface area contributed by atoms with Gasteiger partial charge < -0.3 is 0 Å². The van der Waals surface area contributed by atoms with Crippen molar-refractivity contribution in [1.82, 2.24) is 0 Å². The van der Waals surface area contributed by atoms with Gasteiger partial charge in [0.15, 0.2) is 0 Å². The molecule has 0 radical (unpaired) electrons. The fourth-order valence-electron chi connectivity index (χ4n) is 6.62. The standard InChI is InChI=1S/2C22H23.C2H6Si.Hf/c2*1-22(2,3)19-11-9-16(10-12-19)20-6-4-5-17-13-18(14-21(17)20)15-7-8-15;1-3-2;/h2*4-6,9-15H,7-8H2,1-3H3;1-2H3;/q2*-1;;+2. The monoisotopic (exact) mass is 812 g/mol. The average molecular weight is 811 g/mol. The fraction of sp³-hybridized carbons (Fsp3) is 0.348. The first-order chi connectivity index (χ1) is 22.8. The molecule has 0 unspecified atom stereocenters. The molecule has 2 aliphatic rings. The third kappa shape index (κ3) is 8.48. The third-order valence-corrected chi connectivity index (χ3v) is 9.77. The summed E-state index contributed by atoms with van der Waals surface area (Å²) < 4.78 is 0. The Kier molecular flexibility index (Phi) is 10.4. The summed E-state index contributed by atoms with van der Waals surface area (Å²) in [5, 5.41) is 5.60. The van der Waals surface area contributed by atoms with Crippen LogP contribution in [0.5, 0.6) is 0 Å². The van der Waals surface area contributed by atoms with Gasteiger partial charge in [-0.25, -0.2) is 0 Å². The van der Waals surface area contributed by atoms with Crippen LogP contribution in [0.2, 0.25) is 13.1 Å². The summed E-state index contributed by atoms with van der Waals surface area (Å²) in [6.07, 6.45) is 5.47. The molecule has 0 aromatic heterocycles. The SMILES string of the molecule is CC(C)(C)c1ccc(-c2cccc3[cH-]c(C4CC4)cc23)cc1.CC(C)(C)c1ccc(-c2cccc3[cH-]c(C4CC4)cc23)cc1.C[Si](C)=[Hf+2]. The van der Waals surface area contributed by atoms with Gasteiger partial charge in [-0.15, -0.1) is 69.1 Å². The first-order valence-electron chi connectivity index (χ1n) is 17.9. The predicted octanol–water partition coefficient (Wildman–Crippen LogP) is 13.6. The number of benzene rings is 4. The molecule has 0 amide bonds. The van der Waals surface area contributed by atoms with Crippen LogP contribution in [-0.4, -0.2) is 5.49 Å². The normalized spacial score (nSPS) is 14.7. The maximum atomic E-state index is 2.42. The Morgan fingerprint density at radius 2 is 0.875 bits per heavy atom. The van der Waals surface area contributed by atoms with Crippen LogP contribution < -0.4 is 0 Å². The van der Waals surface area contributed by atoms with Gasteiger partial charge in [0, 0.05) is 0 Å². The molecule has 0 bridgehead atoms. The van der Waals surface area contributed by atoms with Crippen molar-refractivity contribution in [2.45, 2.75) is 103 Å². The Labute approximate surface area is 304 Å². The van der Waals surface area contributed by atoms with Crippen molar-refractivity contribution in [2.75, 3.05) is 0 Å². The molecular weight excluding hydrogens is 759 g/mol. The Morgan fingerprint density at radius 1 is 0.542 bits per heavy atom. The first kappa shape index (κ1) is 35.0. The number of hydrogen-bond donors (Lipinski definition) is 0. The molecule has 2 heteroatoms. The van der Waals surface area contributed by atoms with Crippen LogP contribution in [0.25, 0.3) is 43.8 Å². The minimum absolute atomic E-state index is 0.212. The first-order valence-corrected chi connectivity index (χ1v) is 25.8. The van der Waals surface area contributed by atoms with E-state index in [9.17, 15) is 0 Å². The van der Waals surface area contributed by atoms with Crippen LogP contribution in [0.3, 0.4) is 0 Å². The van der Waals surface area contributed by atoms with E-state index in [4.69, 9.17) is 0 Å². The van der Waals surface area contributed by atoms with E-state index in [-0.39, 0.29) is 16.3 Å². The Morgan fingerprint density at radius 3 is 1.17 bits per heavy atom. The molecule has 0 atom stereocenters. The summed E-state index contributed by atoms with van der Waals surface area (Å²) >= 11 is 1.45. The molecule has 2 aliphatic carbocycles. The molecule has 0 nitrogen and oxygen atoms in total. The number of hydrogen-bond acceptors (Lipinski definition) is 0. The topological polar surface area (TPSA) is 0 Å². The van der Waals surface area contributed by atoms with Crippen LogP contribution >= 0.6 is 0 Å². The van der Waals surface area contributed by atoms with E-state index in [0.29, 0.717) is 0 Å². The van der Waals surface area contributed by atoms with Gasteiger partial charge in [0.05, 0.1) is 0 Å². The van der Waals surface area contributed by atoms with Crippen LogP contribution in [0.15, 0.2) is 109 Å². The molecule has 8 rings (SSSR count). The molecule has 244 valence electrons. The predicted molar refractivity (Wildman–Crippen MR) is 209 cm³/mol. The third-order valence-electron chi connectivity index (χ3n) is 9.77. The van der Waals surface area contributed by atoms with Crippen molar-refractivity contribution in [1.29, 1.82) is 0 Å². The molecule has 0 N–H and O–H groups in total. The molecule has 0 aliphatic heterocycles.